The summed E-state index contributed by atoms with van der Waals surface area (Å²) in [7, 11) is 1.57. The van der Waals surface area contributed by atoms with Gasteiger partial charge in [0.05, 0.1) is 19.3 Å². The Hall–Kier alpha value is -2.67. The minimum atomic E-state index is 0.460. The molecule has 0 aliphatic rings. The van der Waals surface area contributed by atoms with Crippen LogP contribution in [-0.2, 0) is 0 Å². The van der Waals surface area contributed by atoms with Gasteiger partial charge in [-0.25, -0.2) is 0 Å². The highest BCUT2D eigenvalue weighted by molar-refractivity contribution is 5.49. The summed E-state index contributed by atoms with van der Waals surface area (Å²) >= 11 is 0. The Morgan fingerprint density at radius 1 is 1.00 bits per heavy atom. The van der Waals surface area contributed by atoms with Crippen molar-refractivity contribution in [1.82, 2.24) is 0 Å². The lowest BCUT2D eigenvalue weighted by molar-refractivity contribution is 0.317. The first-order valence-electron chi connectivity index (χ1n) is 6.75. The number of methoxy groups -OCH3 is 1. The average molecular weight is 283 g/mol. The zero-order valence-electron chi connectivity index (χ0n) is 12.1. The molecule has 2 aromatic carbocycles. The van der Waals surface area contributed by atoms with Gasteiger partial charge in [-0.05, 0) is 42.8 Å². The normalized spacial score (nSPS) is 9.76. The summed E-state index contributed by atoms with van der Waals surface area (Å²) in [4.78, 5) is 0. The van der Waals surface area contributed by atoms with E-state index in [0.717, 1.165) is 12.2 Å². The lowest BCUT2D eigenvalue weighted by atomic mass is 10.2. The Labute approximate surface area is 124 Å². The van der Waals surface area contributed by atoms with Crippen molar-refractivity contribution in [2.45, 2.75) is 13.3 Å². The molecule has 0 unspecified atom stereocenters. The Kier molecular flexibility index (Phi) is 5.05. The second kappa shape index (κ2) is 7.20. The highest BCUT2D eigenvalue weighted by atomic mass is 16.5. The van der Waals surface area contributed by atoms with Crippen LogP contribution in [0, 0.1) is 11.3 Å². The molecule has 0 saturated heterocycles. The number of nitrogens with zero attached hydrogens (tertiary/aromatic N) is 1. The molecule has 0 bridgehead atoms. The minimum Gasteiger partial charge on any atom is -0.497 e. The molecular formula is C17H17NO3. The van der Waals surface area contributed by atoms with Crippen LogP contribution in [0.1, 0.15) is 18.9 Å². The third-order valence-corrected chi connectivity index (χ3v) is 2.83. The van der Waals surface area contributed by atoms with Gasteiger partial charge in [0.2, 0.25) is 0 Å². The number of hydrogen-bond donors (Lipinski definition) is 0. The smallest absolute Gasteiger partial charge is 0.148 e. The Balaban J connectivity index is 2.16. The van der Waals surface area contributed by atoms with Crippen LogP contribution in [-0.4, -0.2) is 13.7 Å². The first kappa shape index (κ1) is 14.7. The van der Waals surface area contributed by atoms with Gasteiger partial charge in [0.25, 0.3) is 0 Å². The van der Waals surface area contributed by atoms with Gasteiger partial charge >= 0.3 is 0 Å². The molecule has 21 heavy (non-hydrogen) atoms. The molecule has 4 heteroatoms. The molecule has 0 aliphatic heterocycles. The molecular weight excluding hydrogens is 266 g/mol. The van der Waals surface area contributed by atoms with Crippen LogP contribution in [0.4, 0.5) is 0 Å². The van der Waals surface area contributed by atoms with E-state index >= 15 is 0 Å². The maximum absolute atomic E-state index is 9.11. The molecule has 0 fully saturated rings. The van der Waals surface area contributed by atoms with Crippen LogP contribution in [0.25, 0.3) is 0 Å². The van der Waals surface area contributed by atoms with Gasteiger partial charge in [0.15, 0.2) is 0 Å². The van der Waals surface area contributed by atoms with Crippen molar-refractivity contribution in [3.63, 3.8) is 0 Å². The Bertz CT molecular complexity index is 629. The van der Waals surface area contributed by atoms with E-state index in [-0.39, 0.29) is 0 Å². The average Bonchev–Trinajstić information content (AvgIpc) is 2.54. The first-order valence-corrected chi connectivity index (χ1v) is 6.75. The van der Waals surface area contributed by atoms with E-state index in [9.17, 15) is 0 Å². The summed E-state index contributed by atoms with van der Waals surface area (Å²) < 4.78 is 16.4. The van der Waals surface area contributed by atoms with Crippen LogP contribution >= 0.6 is 0 Å². The molecule has 2 aromatic rings. The molecule has 2 rings (SSSR count). The number of hydrogen-bond acceptors (Lipinski definition) is 4. The predicted octanol–water partition coefficient (Wildman–Crippen LogP) is 4.15. The molecule has 0 N–H and O–H groups in total. The summed E-state index contributed by atoms with van der Waals surface area (Å²) in [6.07, 6.45) is 0.966. The van der Waals surface area contributed by atoms with Crippen LogP contribution < -0.4 is 14.2 Å². The van der Waals surface area contributed by atoms with E-state index in [2.05, 4.69) is 13.0 Å². The Morgan fingerprint density at radius 3 is 2.29 bits per heavy atom. The van der Waals surface area contributed by atoms with Crippen molar-refractivity contribution in [2.75, 3.05) is 13.7 Å². The molecule has 4 nitrogen and oxygen atoms in total. The number of rotatable bonds is 6. The Morgan fingerprint density at radius 2 is 1.67 bits per heavy atom. The lowest BCUT2D eigenvalue weighted by Gasteiger charge is -2.10. The summed E-state index contributed by atoms with van der Waals surface area (Å²) in [5.74, 6) is 2.56. The van der Waals surface area contributed by atoms with Crippen molar-refractivity contribution in [3.8, 4) is 29.1 Å². The fraction of sp³-hybridized carbons (Fsp3) is 0.235. The second-order valence-corrected chi connectivity index (χ2v) is 4.40. The van der Waals surface area contributed by atoms with Crippen LogP contribution in [0.2, 0.25) is 0 Å². The molecule has 0 spiro atoms. The standard InChI is InChI=1S/C17H17NO3/c1-3-10-20-14-6-8-15(9-7-14)21-17-11-16(19-2)5-4-13(17)12-18/h4-9,11H,3,10H2,1-2H3. The molecule has 108 valence electrons. The predicted molar refractivity (Wildman–Crippen MR) is 80.0 cm³/mol. The third kappa shape index (κ3) is 3.90. The van der Waals surface area contributed by atoms with Gasteiger partial charge in [0, 0.05) is 6.07 Å². The topological polar surface area (TPSA) is 51.5 Å². The number of ether oxygens (including phenoxy) is 3. The molecule has 0 atom stereocenters. The zero-order chi connectivity index (χ0) is 15.1. The van der Waals surface area contributed by atoms with Crippen LogP contribution in [0.3, 0.4) is 0 Å². The largest absolute Gasteiger partial charge is 0.497 e. The van der Waals surface area contributed by atoms with E-state index in [1.807, 2.05) is 24.3 Å². The molecule has 0 radical (unpaired) electrons. The van der Waals surface area contributed by atoms with Crippen LogP contribution in [0.5, 0.6) is 23.0 Å². The van der Waals surface area contributed by atoms with Crippen LogP contribution in [0.15, 0.2) is 42.5 Å². The molecule has 0 aliphatic carbocycles. The fourth-order valence-electron chi connectivity index (χ4n) is 1.76. The minimum absolute atomic E-state index is 0.460. The monoisotopic (exact) mass is 283 g/mol. The molecule has 0 saturated carbocycles. The summed E-state index contributed by atoms with van der Waals surface area (Å²) in [6.45, 7) is 2.75. The molecule has 0 aromatic heterocycles. The third-order valence-electron chi connectivity index (χ3n) is 2.83. The van der Waals surface area contributed by atoms with E-state index in [4.69, 9.17) is 19.5 Å². The summed E-state index contributed by atoms with van der Waals surface area (Å²) in [6, 6.07) is 14.5. The first-order chi connectivity index (χ1) is 10.3. The zero-order valence-corrected chi connectivity index (χ0v) is 12.1. The maximum atomic E-state index is 9.11. The van der Waals surface area contributed by atoms with E-state index in [0.29, 0.717) is 29.4 Å². The highest BCUT2D eigenvalue weighted by Gasteiger charge is 2.07. The van der Waals surface area contributed by atoms with Crippen molar-refractivity contribution >= 4 is 0 Å². The maximum Gasteiger partial charge on any atom is 0.148 e. The molecule has 0 amide bonds. The van der Waals surface area contributed by atoms with E-state index in [1.165, 1.54) is 0 Å². The number of benzene rings is 2. The van der Waals surface area contributed by atoms with Crippen molar-refractivity contribution in [3.05, 3.63) is 48.0 Å². The van der Waals surface area contributed by atoms with Crippen molar-refractivity contribution < 1.29 is 14.2 Å². The van der Waals surface area contributed by atoms with E-state index < -0.39 is 0 Å². The van der Waals surface area contributed by atoms with Gasteiger partial charge in [-0.2, -0.15) is 5.26 Å². The van der Waals surface area contributed by atoms with Gasteiger partial charge < -0.3 is 14.2 Å². The fourth-order valence-corrected chi connectivity index (χ4v) is 1.76. The lowest BCUT2D eigenvalue weighted by Crippen LogP contribution is -1.95. The van der Waals surface area contributed by atoms with Crippen molar-refractivity contribution in [1.29, 1.82) is 5.26 Å². The highest BCUT2D eigenvalue weighted by Crippen LogP contribution is 2.29. The second-order valence-electron chi connectivity index (χ2n) is 4.40. The van der Waals surface area contributed by atoms with Gasteiger partial charge in [-0.3, -0.25) is 0 Å². The van der Waals surface area contributed by atoms with E-state index in [1.54, 1.807) is 25.3 Å². The molecule has 0 heterocycles. The van der Waals surface area contributed by atoms with Crippen molar-refractivity contribution in [2.24, 2.45) is 0 Å². The summed E-state index contributed by atoms with van der Waals surface area (Å²) in [5, 5.41) is 9.11. The van der Waals surface area contributed by atoms with Gasteiger partial charge in [0.1, 0.15) is 29.1 Å². The SMILES string of the molecule is CCCOc1ccc(Oc2cc(OC)ccc2C#N)cc1. The quantitative estimate of drug-likeness (QED) is 0.799. The summed E-state index contributed by atoms with van der Waals surface area (Å²) in [5.41, 5.74) is 0.460. The number of nitriles is 1. The van der Waals surface area contributed by atoms with Gasteiger partial charge in [-0.1, -0.05) is 6.92 Å². The van der Waals surface area contributed by atoms with Gasteiger partial charge in [-0.15, -0.1) is 0 Å².